The molecule has 1 aliphatic heterocycles. The van der Waals surface area contributed by atoms with Gasteiger partial charge >= 0.3 is 0 Å². The monoisotopic (exact) mass is 350 g/mol. The third kappa shape index (κ3) is 3.09. The number of aliphatic hydroxyl groups excluding tert-OH is 1. The van der Waals surface area contributed by atoms with Gasteiger partial charge in [0.05, 0.1) is 24.1 Å². The van der Waals surface area contributed by atoms with E-state index in [4.69, 9.17) is 0 Å². The third-order valence-electron chi connectivity index (χ3n) is 4.28. The number of aliphatic carboxylic acids is 1. The molecular formula is C20H16NO5-. The first-order valence-electron chi connectivity index (χ1n) is 8.00. The fraction of sp³-hybridized carbons (Fsp3) is 0.150. The molecule has 0 radical (unpaired) electrons. The van der Waals surface area contributed by atoms with E-state index in [-0.39, 0.29) is 11.3 Å². The number of carbonyl (C=O) groups excluding carboxylic acids is 3. The number of carboxylic acid groups (broad SMARTS) is 1. The molecule has 132 valence electrons. The Morgan fingerprint density at radius 2 is 1.69 bits per heavy atom. The first-order chi connectivity index (χ1) is 12.4. The van der Waals surface area contributed by atoms with Gasteiger partial charge in [-0.1, -0.05) is 60.2 Å². The number of nitrogens with zero attached hydrogens (tertiary/aromatic N) is 1. The van der Waals surface area contributed by atoms with Crippen molar-refractivity contribution in [1.82, 2.24) is 4.90 Å². The number of benzene rings is 2. The Morgan fingerprint density at radius 3 is 2.27 bits per heavy atom. The Bertz CT molecular complexity index is 900. The van der Waals surface area contributed by atoms with E-state index in [0.717, 1.165) is 10.5 Å². The largest absolute Gasteiger partial charge is 0.548 e. The molecule has 2 aromatic carbocycles. The molecule has 0 unspecified atom stereocenters. The van der Waals surface area contributed by atoms with E-state index >= 15 is 0 Å². The third-order valence-corrected chi connectivity index (χ3v) is 4.28. The van der Waals surface area contributed by atoms with Crippen molar-refractivity contribution in [2.45, 2.75) is 13.0 Å². The van der Waals surface area contributed by atoms with Crippen molar-refractivity contribution < 1.29 is 24.6 Å². The van der Waals surface area contributed by atoms with Gasteiger partial charge in [0.2, 0.25) is 0 Å². The Labute approximate surface area is 150 Å². The predicted octanol–water partition coefficient (Wildman–Crippen LogP) is 1.17. The number of hydrogen-bond donors (Lipinski definition) is 1. The van der Waals surface area contributed by atoms with E-state index in [9.17, 15) is 24.6 Å². The molecule has 1 aliphatic rings. The van der Waals surface area contributed by atoms with Crippen molar-refractivity contribution in [3.63, 3.8) is 0 Å². The van der Waals surface area contributed by atoms with Gasteiger partial charge in [-0.15, -0.1) is 0 Å². The zero-order valence-corrected chi connectivity index (χ0v) is 14.0. The van der Waals surface area contributed by atoms with Gasteiger partial charge in [0, 0.05) is 5.56 Å². The molecule has 1 heterocycles. The second-order valence-electron chi connectivity index (χ2n) is 6.08. The van der Waals surface area contributed by atoms with Crippen LogP contribution in [0.5, 0.6) is 0 Å². The van der Waals surface area contributed by atoms with Gasteiger partial charge in [0.15, 0.2) is 0 Å². The minimum absolute atomic E-state index is 0.133. The van der Waals surface area contributed by atoms with Crippen LogP contribution in [0.15, 0.2) is 60.2 Å². The van der Waals surface area contributed by atoms with E-state index in [1.54, 1.807) is 54.6 Å². The summed E-state index contributed by atoms with van der Waals surface area (Å²) in [5.74, 6) is -3.71. The molecule has 1 atom stereocenters. The number of hydrogen-bond acceptors (Lipinski definition) is 5. The predicted molar refractivity (Wildman–Crippen MR) is 91.6 cm³/mol. The molecule has 1 saturated heterocycles. The van der Waals surface area contributed by atoms with Gasteiger partial charge in [-0.3, -0.25) is 9.59 Å². The molecule has 3 rings (SSSR count). The second-order valence-corrected chi connectivity index (χ2v) is 6.08. The average Bonchev–Trinajstić information content (AvgIpc) is 2.87. The summed E-state index contributed by atoms with van der Waals surface area (Å²) in [5.41, 5.74) is 1.74. The molecule has 0 saturated carbocycles. The number of carboxylic acids is 1. The van der Waals surface area contributed by atoms with Crippen LogP contribution in [0.25, 0.3) is 5.76 Å². The fourth-order valence-electron chi connectivity index (χ4n) is 3.03. The van der Waals surface area contributed by atoms with E-state index in [2.05, 4.69) is 0 Å². The number of aryl methyl sites for hydroxylation is 1. The maximum absolute atomic E-state index is 12.5. The molecule has 0 aliphatic carbocycles. The van der Waals surface area contributed by atoms with Crippen molar-refractivity contribution in [2.75, 3.05) is 6.54 Å². The summed E-state index contributed by atoms with van der Waals surface area (Å²) in [5, 5.41) is 21.8. The van der Waals surface area contributed by atoms with Gasteiger partial charge < -0.3 is 19.9 Å². The number of Topliss-reactive ketones (excluding diaryl/α,β-unsaturated/α-hetero) is 1. The van der Waals surface area contributed by atoms with Crippen molar-refractivity contribution in [3.05, 3.63) is 76.9 Å². The number of ketones is 1. The first kappa shape index (κ1) is 17.4. The molecule has 2 aromatic rings. The highest BCUT2D eigenvalue weighted by Gasteiger charge is 2.45. The maximum atomic E-state index is 12.5. The van der Waals surface area contributed by atoms with Gasteiger partial charge in [-0.25, -0.2) is 0 Å². The highest BCUT2D eigenvalue weighted by Crippen LogP contribution is 2.39. The average molecular weight is 350 g/mol. The second kappa shape index (κ2) is 6.84. The van der Waals surface area contributed by atoms with E-state index in [0.29, 0.717) is 11.1 Å². The van der Waals surface area contributed by atoms with Crippen molar-refractivity contribution >= 4 is 23.4 Å². The summed E-state index contributed by atoms with van der Waals surface area (Å²) in [4.78, 5) is 36.9. The molecule has 26 heavy (non-hydrogen) atoms. The molecule has 1 fully saturated rings. The Kier molecular flexibility index (Phi) is 4.58. The minimum atomic E-state index is -1.48. The van der Waals surface area contributed by atoms with Crippen LogP contribution in [0.3, 0.4) is 0 Å². The van der Waals surface area contributed by atoms with Crippen molar-refractivity contribution in [3.8, 4) is 0 Å². The van der Waals surface area contributed by atoms with Crippen molar-refractivity contribution in [1.29, 1.82) is 0 Å². The van der Waals surface area contributed by atoms with Crippen LogP contribution in [0.4, 0.5) is 0 Å². The maximum Gasteiger partial charge on any atom is 0.295 e. The van der Waals surface area contributed by atoms with E-state index in [1.807, 2.05) is 6.92 Å². The van der Waals surface area contributed by atoms with Gasteiger partial charge in [-0.2, -0.15) is 0 Å². The zero-order chi connectivity index (χ0) is 18.8. The molecule has 6 heteroatoms. The molecule has 1 amide bonds. The van der Waals surface area contributed by atoms with Crippen LogP contribution < -0.4 is 5.11 Å². The molecule has 6 nitrogen and oxygen atoms in total. The van der Waals surface area contributed by atoms with Crippen LogP contribution in [0, 0.1) is 6.92 Å². The highest BCUT2D eigenvalue weighted by atomic mass is 16.4. The van der Waals surface area contributed by atoms with E-state index < -0.39 is 30.2 Å². The zero-order valence-electron chi connectivity index (χ0n) is 14.0. The number of amides is 1. The summed E-state index contributed by atoms with van der Waals surface area (Å²) in [6.07, 6.45) is 0. The quantitative estimate of drug-likeness (QED) is 0.507. The van der Waals surface area contributed by atoms with Gasteiger partial charge in [0.1, 0.15) is 5.76 Å². The van der Waals surface area contributed by atoms with Crippen molar-refractivity contribution in [2.24, 2.45) is 0 Å². The summed E-state index contributed by atoms with van der Waals surface area (Å²) in [6.45, 7) is 1.14. The van der Waals surface area contributed by atoms with Crippen LogP contribution >= 0.6 is 0 Å². The summed E-state index contributed by atoms with van der Waals surface area (Å²) in [6, 6.07) is 14.3. The van der Waals surface area contributed by atoms with Crippen LogP contribution in [0.2, 0.25) is 0 Å². The Balaban J connectivity index is 2.19. The molecule has 1 N–H and O–H groups in total. The first-order valence-corrected chi connectivity index (χ1v) is 8.00. The lowest BCUT2D eigenvalue weighted by atomic mass is 9.95. The number of likely N-dealkylation sites (tertiary alicyclic amines) is 1. The van der Waals surface area contributed by atoms with Gasteiger partial charge in [0.25, 0.3) is 11.7 Å². The standard InChI is InChI=1S/C20H17NO5/c1-12-7-9-13(10-8-12)17-16(18(24)14-5-3-2-4-6-14)19(25)20(26)21(17)11-15(22)23/h2-10,17,24H,11H2,1H3,(H,22,23)/p-1/t17-/m0/s1. The van der Waals surface area contributed by atoms with Gasteiger partial charge in [-0.05, 0) is 12.5 Å². The van der Waals surface area contributed by atoms with Crippen LogP contribution in [0.1, 0.15) is 22.7 Å². The summed E-state index contributed by atoms with van der Waals surface area (Å²) < 4.78 is 0. The Morgan fingerprint density at radius 1 is 1.08 bits per heavy atom. The summed E-state index contributed by atoms with van der Waals surface area (Å²) in [7, 11) is 0. The van der Waals surface area contributed by atoms with Crippen LogP contribution in [-0.4, -0.2) is 34.2 Å². The van der Waals surface area contributed by atoms with Crippen LogP contribution in [-0.2, 0) is 14.4 Å². The lowest BCUT2D eigenvalue weighted by molar-refractivity contribution is -0.306. The normalized spacial score (nSPS) is 19.0. The minimum Gasteiger partial charge on any atom is -0.548 e. The Hall–Kier alpha value is -3.41. The molecule has 0 aromatic heterocycles. The molecule has 0 bridgehead atoms. The smallest absolute Gasteiger partial charge is 0.295 e. The topological polar surface area (TPSA) is 97.7 Å². The number of carbonyl (C=O) groups is 3. The summed E-state index contributed by atoms with van der Waals surface area (Å²) >= 11 is 0. The lowest BCUT2D eigenvalue weighted by Gasteiger charge is -2.25. The highest BCUT2D eigenvalue weighted by molar-refractivity contribution is 6.46. The fourth-order valence-corrected chi connectivity index (χ4v) is 3.03. The number of rotatable bonds is 4. The van der Waals surface area contributed by atoms with E-state index in [1.165, 1.54) is 0 Å². The lowest BCUT2D eigenvalue weighted by Crippen LogP contribution is -2.40. The number of aliphatic hydroxyl groups is 1. The SMILES string of the molecule is Cc1ccc([C@H]2C(=C(O)c3ccccc3)C(=O)C(=O)N2CC(=O)[O-])cc1. The molecule has 0 spiro atoms. The molecular weight excluding hydrogens is 334 g/mol.